The van der Waals surface area contributed by atoms with Gasteiger partial charge in [0.25, 0.3) is 5.91 Å². The van der Waals surface area contributed by atoms with Gasteiger partial charge in [-0.15, -0.1) is 0 Å². The van der Waals surface area contributed by atoms with Crippen molar-refractivity contribution in [1.29, 1.82) is 0 Å². The molecule has 31 heavy (non-hydrogen) atoms. The number of morpholine rings is 1. The Bertz CT molecular complexity index is 1170. The standard InChI is InChI=1S/C22H22Cl2N4O3/c1-27-13-18(22(30)25-11-14-2-4-15(23)5-3-14)20(29)17-10-16(26-21(24)19(17)27)12-28-6-8-31-9-7-28/h2-5,10,13H,6-9,11-12H2,1H3,(H,25,30). The molecular weight excluding hydrogens is 439 g/mol. The van der Waals surface area contributed by atoms with Crippen molar-refractivity contribution in [2.75, 3.05) is 26.3 Å². The van der Waals surface area contributed by atoms with Gasteiger partial charge in [0.05, 0.1) is 29.8 Å². The molecule has 3 aromatic rings. The lowest BCUT2D eigenvalue weighted by Gasteiger charge is -2.26. The molecule has 7 nitrogen and oxygen atoms in total. The number of hydrogen-bond acceptors (Lipinski definition) is 5. The van der Waals surface area contributed by atoms with E-state index in [2.05, 4.69) is 15.2 Å². The van der Waals surface area contributed by atoms with Crippen LogP contribution < -0.4 is 10.7 Å². The number of carbonyl (C=O) groups excluding carboxylic acids is 1. The van der Waals surface area contributed by atoms with Gasteiger partial charge in [0.15, 0.2) is 5.15 Å². The molecule has 0 spiro atoms. The number of pyridine rings is 2. The molecule has 0 aliphatic carbocycles. The first-order valence-corrected chi connectivity index (χ1v) is 10.7. The summed E-state index contributed by atoms with van der Waals surface area (Å²) in [7, 11) is 1.74. The lowest BCUT2D eigenvalue weighted by atomic mass is 10.1. The van der Waals surface area contributed by atoms with Crippen LogP contribution in [0.25, 0.3) is 10.9 Å². The number of aromatic nitrogens is 2. The van der Waals surface area contributed by atoms with E-state index in [-0.39, 0.29) is 22.7 Å². The Kier molecular flexibility index (Phi) is 6.57. The van der Waals surface area contributed by atoms with Gasteiger partial charge in [0.2, 0.25) is 5.43 Å². The van der Waals surface area contributed by atoms with Gasteiger partial charge in [-0.3, -0.25) is 14.5 Å². The van der Waals surface area contributed by atoms with Crippen molar-refractivity contribution >= 4 is 40.0 Å². The van der Waals surface area contributed by atoms with Crippen LogP contribution >= 0.6 is 23.2 Å². The number of benzene rings is 1. The van der Waals surface area contributed by atoms with Crippen LogP contribution in [0.1, 0.15) is 21.6 Å². The van der Waals surface area contributed by atoms with Gasteiger partial charge in [-0.25, -0.2) is 4.98 Å². The van der Waals surface area contributed by atoms with E-state index in [1.54, 1.807) is 29.8 Å². The zero-order valence-electron chi connectivity index (χ0n) is 17.0. The fraction of sp³-hybridized carbons (Fsp3) is 0.318. The van der Waals surface area contributed by atoms with Gasteiger partial charge in [-0.2, -0.15) is 0 Å². The number of aryl methyl sites for hydroxylation is 1. The van der Waals surface area contributed by atoms with Crippen molar-refractivity contribution in [3.8, 4) is 0 Å². The predicted molar refractivity (Wildman–Crippen MR) is 121 cm³/mol. The number of amides is 1. The van der Waals surface area contributed by atoms with Crippen LogP contribution in [0.2, 0.25) is 10.2 Å². The van der Waals surface area contributed by atoms with Crippen molar-refractivity contribution in [3.63, 3.8) is 0 Å². The molecule has 162 valence electrons. The smallest absolute Gasteiger partial charge is 0.257 e. The molecule has 1 amide bonds. The van der Waals surface area contributed by atoms with Gasteiger partial charge in [-0.1, -0.05) is 35.3 Å². The van der Waals surface area contributed by atoms with E-state index in [0.29, 0.717) is 41.4 Å². The molecule has 1 fully saturated rings. The van der Waals surface area contributed by atoms with Gasteiger partial charge in [0.1, 0.15) is 5.56 Å². The molecular formula is C22H22Cl2N4O3. The third-order valence-electron chi connectivity index (χ3n) is 5.27. The van der Waals surface area contributed by atoms with Crippen LogP contribution in [0.4, 0.5) is 0 Å². The Morgan fingerprint density at radius 2 is 1.90 bits per heavy atom. The number of nitrogens with zero attached hydrogens (tertiary/aromatic N) is 3. The van der Waals surface area contributed by atoms with Gasteiger partial charge in [-0.05, 0) is 23.8 Å². The maximum Gasteiger partial charge on any atom is 0.257 e. The van der Waals surface area contributed by atoms with E-state index in [1.165, 1.54) is 6.20 Å². The van der Waals surface area contributed by atoms with Gasteiger partial charge < -0.3 is 14.6 Å². The lowest BCUT2D eigenvalue weighted by molar-refractivity contribution is 0.0337. The quantitative estimate of drug-likeness (QED) is 0.592. The van der Waals surface area contributed by atoms with E-state index in [0.717, 1.165) is 18.7 Å². The Morgan fingerprint density at radius 3 is 2.61 bits per heavy atom. The highest BCUT2D eigenvalue weighted by Gasteiger charge is 2.19. The lowest BCUT2D eigenvalue weighted by Crippen LogP contribution is -2.36. The molecule has 1 N–H and O–H groups in total. The average molecular weight is 461 g/mol. The van der Waals surface area contributed by atoms with E-state index in [1.807, 2.05) is 12.1 Å². The SMILES string of the molecule is Cn1cc(C(=O)NCc2ccc(Cl)cc2)c(=O)c2cc(CN3CCOCC3)nc(Cl)c21. The predicted octanol–water partition coefficient (Wildman–Crippen LogP) is 3.00. The summed E-state index contributed by atoms with van der Waals surface area (Å²) in [5.74, 6) is -0.444. The first-order valence-electron chi connectivity index (χ1n) is 9.94. The normalized spacial score (nSPS) is 14.7. The summed E-state index contributed by atoms with van der Waals surface area (Å²) < 4.78 is 7.05. The van der Waals surface area contributed by atoms with Crippen LogP contribution in [0.5, 0.6) is 0 Å². The fourth-order valence-corrected chi connectivity index (χ4v) is 4.11. The number of fused-ring (bicyclic) bond motifs is 1. The highest BCUT2D eigenvalue weighted by Crippen LogP contribution is 2.22. The van der Waals surface area contributed by atoms with Crippen LogP contribution in [-0.2, 0) is 24.9 Å². The second kappa shape index (κ2) is 9.36. The number of halogens is 2. The highest BCUT2D eigenvalue weighted by atomic mass is 35.5. The third kappa shape index (κ3) is 4.91. The van der Waals surface area contributed by atoms with E-state index >= 15 is 0 Å². The molecule has 1 aliphatic rings. The van der Waals surface area contributed by atoms with E-state index in [9.17, 15) is 9.59 Å². The van der Waals surface area contributed by atoms with Crippen molar-refractivity contribution in [2.24, 2.45) is 7.05 Å². The number of hydrogen-bond donors (Lipinski definition) is 1. The fourth-order valence-electron chi connectivity index (χ4n) is 3.64. The van der Waals surface area contributed by atoms with Crippen molar-refractivity contribution in [1.82, 2.24) is 19.8 Å². The molecule has 1 aromatic carbocycles. The van der Waals surface area contributed by atoms with Crippen LogP contribution in [0, 0.1) is 0 Å². The summed E-state index contributed by atoms with van der Waals surface area (Å²) in [6.45, 7) is 3.78. The van der Waals surface area contributed by atoms with Crippen LogP contribution in [-0.4, -0.2) is 46.7 Å². The largest absolute Gasteiger partial charge is 0.379 e. The molecule has 1 saturated heterocycles. The Labute approximate surface area is 189 Å². The van der Waals surface area contributed by atoms with E-state index in [4.69, 9.17) is 27.9 Å². The molecule has 0 unspecified atom stereocenters. The minimum Gasteiger partial charge on any atom is -0.379 e. The second-order valence-corrected chi connectivity index (χ2v) is 8.28. The Hall–Kier alpha value is -2.45. The molecule has 0 bridgehead atoms. The monoisotopic (exact) mass is 460 g/mol. The average Bonchev–Trinajstić information content (AvgIpc) is 2.76. The van der Waals surface area contributed by atoms with Crippen molar-refractivity contribution in [3.05, 3.63) is 73.7 Å². The molecule has 2 aromatic heterocycles. The highest BCUT2D eigenvalue weighted by molar-refractivity contribution is 6.33. The first-order chi connectivity index (χ1) is 14.9. The molecule has 1 aliphatic heterocycles. The van der Waals surface area contributed by atoms with E-state index < -0.39 is 5.91 Å². The molecule has 0 radical (unpaired) electrons. The summed E-state index contributed by atoms with van der Waals surface area (Å²) >= 11 is 12.3. The Balaban J connectivity index is 1.62. The zero-order chi connectivity index (χ0) is 22.0. The van der Waals surface area contributed by atoms with Gasteiger partial charge in [0, 0.05) is 44.4 Å². The van der Waals surface area contributed by atoms with Crippen LogP contribution in [0.15, 0.2) is 41.3 Å². The summed E-state index contributed by atoms with van der Waals surface area (Å²) in [6, 6.07) is 8.89. The zero-order valence-corrected chi connectivity index (χ0v) is 18.5. The van der Waals surface area contributed by atoms with Crippen molar-refractivity contribution in [2.45, 2.75) is 13.1 Å². The number of ether oxygens (including phenoxy) is 1. The summed E-state index contributed by atoms with van der Waals surface area (Å²) in [5, 5.41) is 4.04. The summed E-state index contributed by atoms with van der Waals surface area (Å²) in [5.41, 5.74) is 1.77. The minimum atomic E-state index is -0.444. The molecule has 9 heteroatoms. The number of nitrogens with one attached hydrogen (secondary N) is 1. The Morgan fingerprint density at radius 1 is 1.19 bits per heavy atom. The molecule has 0 saturated carbocycles. The molecule has 3 heterocycles. The van der Waals surface area contributed by atoms with Crippen molar-refractivity contribution < 1.29 is 9.53 Å². The molecule has 0 atom stereocenters. The number of rotatable bonds is 5. The summed E-state index contributed by atoms with van der Waals surface area (Å²) in [4.78, 5) is 32.6. The van der Waals surface area contributed by atoms with Crippen LogP contribution in [0.3, 0.4) is 0 Å². The second-order valence-electron chi connectivity index (χ2n) is 7.48. The number of carbonyl (C=O) groups is 1. The van der Waals surface area contributed by atoms with Gasteiger partial charge >= 0.3 is 0 Å². The third-order valence-corrected chi connectivity index (χ3v) is 5.78. The summed E-state index contributed by atoms with van der Waals surface area (Å²) in [6.07, 6.45) is 1.50. The molecule has 4 rings (SSSR count). The topological polar surface area (TPSA) is 76.5 Å². The maximum atomic E-state index is 13.2. The maximum absolute atomic E-state index is 13.2. The minimum absolute atomic E-state index is 0.0588. The first kappa shape index (κ1) is 21.8.